The summed E-state index contributed by atoms with van der Waals surface area (Å²) in [5.41, 5.74) is 0. The van der Waals surface area contributed by atoms with Crippen molar-refractivity contribution in [3.8, 4) is 0 Å². The molecule has 0 bridgehead atoms. The van der Waals surface area contributed by atoms with Crippen LogP contribution in [-0.2, 0) is 14.3 Å². The Hall–Kier alpha value is -1.66. The Morgan fingerprint density at radius 3 is 0.986 bits per heavy atom. The van der Waals surface area contributed by atoms with E-state index in [2.05, 4.69) is 31.3 Å². The summed E-state index contributed by atoms with van der Waals surface area (Å²) in [4.78, 5) is 24.5. The molecule has 0 aliphatic carbocycles. The molecule has 0 saturated carbocycles. The van der Waals surface area contributed by atoms with E-state index >= 15 is 0 Å². The molecule has 0 spiro atoms. The number of allylic oxidation sites excluding steroid dienone is 3. The van der Waals surface area contributed by atoms with E-state index in [0.29, 0.717) is 19.4 Å². The van der Waals surface area contributed by atoms with E-state index in [0.717, 1.165) is 51.4 Å². The number of aliphatic hydroxyl groups is 2. The lowest BCUT2D eigenvalue weighted by molar-refractivity contribution is -0.143. The van der Waals surface area contributed by atoms with E-state index in [1.54, 1.807) is 6.08 Å². The number of carbonyl (C=O) groups is 2. The molecule has 0 aromatic heterocycles. The Balaban J connectivity index is 3.46. The number of amides is 1. The number of hydrogen-bond acceptors (Lipinski definition) is 5. The summed E-state index contributed by atoms with van der Waals surface area (Å²) < 4.78 is 5.47. The fourth-order valence-corrected chi connectivity index (χ4v) is 10.2. The zero-order chi connectivity index (χ0) is 52.2. The number of carbonyl (C=O) groups excluding carboxylic acids is 2. The van der Waals surface area contributed by atoms with E-state index in [1.165, 1.54) is 283 Å². The van der Waals surface area contributed by atoms with Crippen LogP contribution in [0.1, 0.15) is 361 Å². The van der Waals surface area contributed by atoms with Gasteiger partial charge in [0.05, 0.1) is 25.4 Å². The molecule has 0 rings (SSSR count). The third-order valence-electron chi connectivity index (χ3n) is 15.2. The quantitative estimate of drug-likeness (QED) is 0.0320. The highest BCUT2D eigenvalue weighted by Gasteiger charge is 2.18. The fourth-order valence-electron chi connectivity index (χ4n) is 10.2. The van der Waals surface area contributed by atoms with Crippen molar-refractivity contribution in [3.63, 3.8) is 0 Å². The van der Waals surface area contributed by atoms with Crippen LogP contribution in [0, 0.1) is 0 Å². The first-order valence-corrected chi connectivity index (χ1v) is 32.6. The normalized spacial score (nSPS) is 12.7. The maximum absolute atomic E-state index is 12.5. The fraction of sp³-hybridized carbons (Fsp3) is 0.909. The smallest absolute Gasteiger partial charge is 0.305 e. The van der Waals surface area contributed by atoms with Crippen molar-refractivity contribution in [3.05, 3.63) is 24.3 Å². The van der Waals surface area contributed by atoms with E-state index in [4.69, 9.17) is 4.74 Å². The minimum Gasteiger partial charge on any atom is -0.466 e. The monoisotopic (exact) mass is 1010 g/mol. The molecule has 0 radical (unpaired) electrons. The van der Waals surface area contributed by atoms with Crippen LogP contribution in [0.3, 0.4) is 0 Å². The number of esters is 1. The molecule has 0 fully saturated rings. The Bertz CT molecular complexity index is 1120. The molecular formula is C66H127NO5. The summed E-state index contributed by atoms with van der Waals surface area (Å²) in [6.07, 6.45) is 76.5. The lowest BCUT2D eigenvalue weighted by Gasteiger charge is -2.20. The molecule has 2 atom stereocenters. The average molecular weight is 1010 g/mol. The third-order valence-corrected chi connectivity index (χ3v) is 15.2. The van der Waals surface area contributed by atoms with Gasteiger partial charge in [-0.15, -0.1) is 0 Å². The van der Waals surface area contributed by atoms with Gasteiger partial charge in [0.15, 0.2) is 0 Å². The minimum absolute atomic E-state index is 0.00539. The molecule has 6 nitrogen and oxygen atoms in total. The topological polar surface area (TPSA) is 95.9 Å². The van der Waals surface area contributed by atoms with Crippen LogP contribution in [0.25, 0.3) is 0 Å². The van der Waals surface area contributed by atoms with Gasteiger partial charge in [-0.2, -0.15) is 0 Å². The predicted molar refractivity (Wildman–Crippen MR) is 315 cm³/mol. The highest BCUT2D eigenvalue weighted by Crippen LogP contribution is 2.18. The largest absolute Gasteiger partial charge is 0.466 e. The van der Waals surface area contributed by atoms with E-state index in [9.17, 15) is 19.8 Å². The molecule has 1 amide bonds. The van der Waals surface area contributed by atoms with Crippen molar-refractivity contribution in [2.24, 2.45) is 0 Å². The summed E-state index contributed by atoms with van der Waals surface area (Å²) in [6.45, 7) is 4.92. The Morgan fingerprint density at radius 1 is 0.375 bits per heavy atom. The molecular weight excluding hydrogens is 887 g/mol. The lowest BCUT2D eigenvalue weighted by atomic mass is 10.0. The Labute approximate surface area is 450 Å². The zero-order valence-electron chi connectivity index (χ0n) is 48.7. The van der Waals surface area contributed by atoms with Crippen LogP contribution in [0.5, 0.6) is 0 Å². The molecule has 2 unspecified atom stereocenters. The van der Waals surface area contributed by atoms with Gasteiger partial charge in [-0.1, -0.05) is 314 Å². The predicted octanol–water partition coefficient (Wildman–Crippen LogP) is 20.6. The summed E-state index contributed by atoms with van der Waals surface area (Å²) in [7, 11) is 0. The van der Waals surface area contributed by atoms with Gasteiger partial charge in [0.2, 0.25) is 5.91 Å². The molecule has 0 heterocycles. The maximum Gasteiger partial charge on any atom is 0.305 e. The molecule has 6 heteroatoms. The molecule has 0 aromatic carbocycles. The van der Waals surface area contributed by atoms with Crippen molar-refractivity contribution >= 4 is 11.9 Å². The van der Waals surface area contributed by atoms with Crippen LogP contribution in [0.4, 0.5) is 0 Å². The van der Waals surface area contributed by atoms with Gasteiger partial charge in [-0.05, 0) is 57.8 Å². The van der Waals surface area contributed by atoms with Gasteiger partial charge in [-0.3, -0.25) is 9.59 Å². The summed E-state index contributed by atoms with van der Waals surface area (Å²) in [6, 6.07) is -0.636. The van der Waals surface area contributed by atoms with Gasteiger partial charge < -0.3 is 20.3 Å². The van der Waals surface area contributed by atoms with Crippen molar-refractivity contribution < 1.29 is 24.5 Å². The first-order valence-electron chi connectivity index (χ1n) is 32.6. The molecule has 0 aliphatic heterocycles. The van der Waals surface area contributed by atoms with Gasteiger partial charge >= 0.3 is 5.97 Å². The second-order valence-electron chi connectivity index (χ2n) is 22.5. The van der Waals surface area contributed by atoms with Crippen molar-refractivity contribution in [2.75, 3.05) is 13.2 Å². The SMILES string of the molecule is CCCCCCCCCCCCCCCCCCCCCCC/C=C/C(O)C(CO)NC(=O)CCCCCCCCC/C=C\CCCCCCCCCCOC(=O)CCCCCCCCCCCCCCC. The molecule has 426 valence electrons. The van der Waals surface area contributed by atoms with E-state index in [1.807, 2.05) is 6.08 Å². The number of nitrogens with one attached hydrogen (secondary N) is 1. The van der Waals surface area contributed by atoms with Gasteiger partial charge in [0.1, 0.15) is 0 Å². The highest BCUT2D eigenvalue weighted by molar-refractivity contribution is 5.76. The van der Waals surface area contributed by atoms with E-state index in [-0.39, 0.29) is 18.5 Å². The minimum atomic E-state index is -0.852. The van der Waals surface area contributed by atoms with Gasteiger partial charge in [0, 0.05) is 12.8 Å². The lowest BCUT2D eigenvalue weighted by Crippen LogP contribution is -2.45. The Morgan fingerprint density at radius 2 is 0.653 bits per heavy atom. The summed E-state index contributed by atoms with van der Waals surface area (Å²) in [5, 5.41) is 23.2. The number of unbranched alkanes of at least 4 members (excludes halogenated alkanes) is 48. The molecule has 3 N–H and O–H groups in total. The van der Waals surface area contributed by atoms with Gasteiger partial charge in [0.25, 0.3) is 0 Å². The Kier molecular flexibility index (Phi) is 60.5. The van der Waals surface area contributed by atoms with Crippen LogP contribution >= 0.6 is 0 Å². The van der Waals surface area contributed by atoms with Crippen molar-refractivity contribution in [1.82, 2.24) is 5.32 Å². The number of aliphatic hydroxyl groups excluding tert-OH is 2. The number of ether oxygens (including phenoxy) is 1. The molecule has 0 aliphatic rings. The average Bonchev–Trinajstić information content (AvgIpc) is 3.38. The zero-order valence-corrected chi connectivity index (χ0v) is 48.7. The highest BCUT2D eigenvalue weighted by atomic mass is 16.5. The van der Waals surface area contributed by atoms with Crippen LogP contribution in [-0.4, -0.2) is 47.4 Å². The van der Waals surface area contributed by atoms with Crippen molar-refractivity contribution in [1.29, 1.82) is 0 Å². The summed E-state index contributed by atoms with van der Waals surface area (Å²) in [5.74, 6) is -0.0685. The number of rotatable bonds is 61. The van der Waals surface area contributed by atoms with Crippen LogP contribution in [0.2, 0.25) is 0 Å². The second-order valence-corrected chi connectivity index (χ2v) is 22.5. The number of hydrogen-bond donors (Lipinski definition) is 3. The summed E-state index contributed by atoms with van der Waals surface area (Å²) >= 11 is 0. The first-order chi connectivity index (χ1) is 35.5. The maximum atomic E-state index is 12.5. The van der Waals surface area contributed by atoms with Crippen molar-refractivity contribution in [2.45, 2.75) is 373 Å². The molecule has 0 saturated heterocycles. The first kappa shape index (κ1) is 70.3. The molecule has 0 aromatic rings. The third kappa shape index (κ3) is 57.6. The van der Waals surface area contributed by atoms with Crippen LogP contribution < -0.4 is 5.32 Å². The molecule has 72 heavy (non-hydrogen) atoms. The van der Waals surface area contributed by atoms with E-state index < -0.39 is 12.1 Å². The van der Waals surface area contributed by atoms with Gasteiger partial charge in [-0.25, -0.2) is 0 Å². The van der Waals surface area contributed by atoms with Crippen LogP contribution in [0.15, 0.2) is 24.3 Å². The second kappa shape index (κ2) is 61.9. The standard InChI is InChI=1S/C66H127NO5/c1-3-5-7-9-11-13-15-17-18-19-20-21-22-23-25-28-31-35-38-42-46-50-54-58-64(69)63(62-68)67-65(70)59-55-51-47-43-39-36-32-29-26-24-27-30-33-37-41-45-49-53-57-61-72-66(71)60-56-52-48-44-40-34-16-14-12-10-8-6-4-2/h24,26,54,58,63-64,68-69H,3-23,25,27-53,55-57,59-62H2,1-2H3,(H,67,70)/b26-24-,58-54+.